The van der Waals surface area contributed by atoms with Gasteiger partial charge in [0.25, 0.3) is 0 Å². The van der Waals surface area contributed by atoms with Gasteiger partial charge in [0.2, 0.25) is 6.79 Å². The zero-order valence-electron chi connectivity index (χ0n) is 32.4. The van der Waals surface area contributed by atoms with Gasteiger partial charge in [-0.15, -0.1) is 0 Å². The van der Waals surface area contributed by atoms with E-state index in [4.69, 9.17) is 18.9 Å². The number of nitrogens with one attached hydrogen (secondary N) is 1. The highest BCUT2D eigenvalue weighted by atomic mass is 16.7. The number of unbranched alkanes of at least 4 members (excludes halogenated alkanes) is 13. The Labute approximate surface area is 320 Å². The summed E-state index contributed by atoms with van der Waals surface area (Å²) in [5, 5.41) is 54.5. The molecule has 1 aromatic rings. The third-order valence-corrected chi connectivity index (χ3v) is 9.65. The first kappa shape index (κ1) is 47.3. The number of aryl methyl sites for hydroxylation is 1. The molecule has 1 aliphatic heterocycles. The molecule has 1 aliphatic rings. The number of hydrogen-bond acceptors (Lipinski definition) is 13. The Balaban J connectivity index is 2.05. The molecule has 0 saturated carbocycles. The monoisotopic (exact) mass is 769 g/mol. The number of rotatable bonds is 29. The largest absolute Gasteiger partial charge is 0.460 e. The van der Waals surface area contributed by atoms with E-state index in [2.05, 4.69) is 29.1 Å². The van der Waals surface area contributed by atoms with Crippen LogP contribution in [0, 0.1) is 0 Å². The number of carbonyl (C=O) groups excluding carboxylic acids is 3. The number of alkyl carbamates (subject to hydrolysis) is 1. The Morgan fingerprint density at radius 3 is 2.02 bits per heavy atom. The van der Waals surface area contributed by atoms with Gasteiger partial charge >= 0.3 is 18.0 Å². The molecule has 1 amide bonds. The van der Waals surface area contributed by atoms with Crippen molar-refractivity contribution in [3.8, 4) is 0 Å². The van der Waals surface area contributed by atoms with Crippen LogP contribution in [-0.4, -0.2) is 113 Å². The molecule has 1 saturated heterocycles. The molecule has 0 spiro atoms. The number of esters is 2. The molecule has 1 aromatic carbocycles. The highest BCUT2D eigenvalue weighted by Crippen LogP contribution is 2.24. The molecule has 14 nitrogen and oxygen atoms in total. The predicted octanol–water partition coefficient (Wildman–Crippen LogP) is 4.59. The third-order valence-electron chi connectivity index (χ3n) is 9.65. The number of ether oxygens (including phenoxy) is 5. The van der Waals surface area contributed by atoms with E-state index in [-0.39, 0.29) is 6.42 Å². The lowest BCUT2D eigenvalue weighted by atomic mass is 9.98. The summed E-state index contributed by atoms with van der Waals surface area (Å²) in [7, 11) is 0. The number of benzene rings is 1. The van der Waals surface area contributed by atoms with Crippen molar-refractivity contribution in [1.82, 2.24) is 5.32 Å². The zero-order valence-corrected chi connectivity index (χ0v) is 32.4. The standard InChI is InChI=1S/C40H67NO13/c1-3-4-5-6-7-8-9-10-11-12-13-19-24-32(53-34(44)25-20-15-18-23-30-21-16-14-17-22-30)35(45)31(41-40(49)52-28-51-29(2)43)27-50-39-38(48)37(47)36(46)33(26-42)54-39/h14,16-17,21-22,31-33,35-39,42,45-48H,3-13,15,18-20,23-28H2,1-2H3,(H,41,49)/t31-,32+,33+,35-,36-,37-,38+,39-/m0/s1. The molecule has 6 N–H and O–H groups in total. The van der Waals surface area contributed by atoms with Gasteiger partial charge in [-0.2, -0.15) is 0 Å². The maximum Gasteiger partial charge on any atom is 0.410 e. The van der Waals surface area contributed by atoms with Crippen molar-refractivity contribution < 1.29 is 63.6 Å². The smallest absolute Gasteiger partial charge is 0.410 e. The lowest BCUT2D eigenvalue weighted by Gasteiger charge is -2.40. The molecular formula is C40H67NO13. The Bertz CT molecular complexity index is 1140. The van der Waals surface area contributed by atoms with E-state index >= 15 is 0 Å². The Kier molecular flexibility index (Phi) is 25.0. The van der Waals surface area contributed by atoms with Crippen molar-refractivity contribution in [3.05, 3.63) is 35.9 Å². The molecule has 0 bridgehead atoms. The molecule has 14 heteroatoms. The van der Waals surface area contributed by atoms with Crippen LogP contribution in [0.1, 0.15) is 129 Å². The maximum atomic E-state index is 13.1. The summed E-state index contributed by atoms with van der Waals surface area (Å²) in [6.07, 6.45) is 5.65. The van der Waals surface area contributed by atoms with Crippen LogP contribution in [0.2, 0.25) is 0 Å². The molecule has 1 fully saturated rings. The van der Waals surface area contributed by atoms with Crippen molar-refractivity contribution in [1.29, 1.82) is 0 Å². The van der Waals surface area contributed by atoms with Gasteiger partial charge in [0.05, 0.1) is 19.3 Å². The summed E-state index contributed by atoms with van der Waals surface area (Å²) in [5.74, 6) is -1.18. The van der Waals surface area contributed by atoms with Crippen molar-refractivity contribution in [3.63, 3.8) is 0 Å². The summed E-state index contributed by atoms with van der Waals surface area (Å²) in [6.45, 7) is 1.45. The lowest BCUT2D eigenvalue weighted by Crippen LogP contribution is -2.60. The number of amides is 1. The highest BCUT2D eigenvalue weighted by Gasteiger charge is 2.45. The van der Waals surface area contributed by atoms with Gasteiger partial charge in [0, 0.05) is 13.3 Å². The summed E-state index contributed by atoms with van der Waals surface area (Å²) >= 11 is 0. The first-order valence-electron chi connectivity index (χ1n) is 20.0. The summed E-state index contributed by atoms with van der Waals surface area (Å²) in [4.78, 5) is 36.9. The second-order valence-corrected chi connectivity index (χ2v) is 14.2. The summed E-state index contributed by atoms with van der Waals surface area (Å²) < 4.78 is 26.5. The van der Waals surface area contributed by atoms with Gasteiger partial charge in [-0.25, -0.2) is 4.79 Å². The molecule has 0 aromatic heterocycles. The van der Waals surface area contributed by atoms with Crippen LogP contribution in [0.25, 0.3) is 0 Å². The van der Waals surface area contributed by atoms with E-state index in [0.29, 0.717) is 19.3 Å². The normalized spacial score (nSPS) is 21.5. The van der Waals surface area contributed by atoms with E-state index in [1.807, 2.05) is 18.2 Å². The molecule has 54 heavy (non-hydrogen) atoms. The van der Waals surface area contributed by atoms with Gasteiger partial charge in [-0.05, 0) is 37.7 Å². The van der Waals surface area contributed by atoms with Crippen molar-refractivity contribution >= 4 is 18.0 Å². The molecule has 1 heterocycles. The van der Waals surface area contributed by atoms with Crippen molar-refractivity contribution in [2.75, 3.05) is 20.0 Å². The fraction of sp³-hybridized carbons (Fsp3) is 0.775. The fourth-order valence-electron chi connectivity index (χ4n) is 6.38. The average Bonchev–Trinajstić information content (AvgIpc) is 3.16. The number of hydrogen-bond donors (Lipinski definition) is 6. The van der Waals surface area contributed by atoms with Crippen LogP contribution in [-0.2, 0) is 39.7 Å². The lowest BCUT2D eigenvalue weighted by molar-refractivity contribution is -0.303. The zero-order chi connectivity index (χ0) is 39.6. The van der Waals surface area contributed by atoms with Crippen LogP contribution < -0.4 is 5.32 Å². The van der Waals surface area contributed by atoms with Crippen LogP contribution >= 0.6 is 0 Å². The van der Waals surface area contributed by atoms with Crippen LogP contribution in [0.3, 0.4) is 0 Å². The minimum atomic E-state index is -1.73. The average molecular weight is 770 g/mol. The van der Waals surface area contributed by atoms with Gasteiger partial charge < -0.3 is 54.5 Å². The van der Waals surface area contributed by atoms with Crippen LogP contribution in [0.5, 0.6) is 0 Å². The third kappa shape index (κ3) is 19.7. The molecular weight excluding hydrogens is 702 g/mol. The van der Waals surface area contributed by atoms with Gasteiger partial charge in [-0.1, -0.05) is 114 Å². The second-order valence-electron chi connectivity index (χ2n) is 14.2. The first-order chi connectivity index (χ1) is 26.1. The maximum absolute atomic E-state index is 13.1. The van der Waals surface area contributed by atoms with E-state index in [9.17, 15) is 39.9 Å². The van der Waals surface area contributed by atoms with Crippen LogP contribution in [0.15, 0.2) is 30.3 Å². The number of aliphatic hydroxyl groups excluding tert-OH is 5. The minimum absolute atomic E-state index is 0.139. The predicted molar refractivity (Wildman–Crippen MR) is 200 cm³/mol. The van der Waals surface area contributed by atoms with E-state index < -0.39 is 87.0 Å². The Hall–Kier alpha value is -2.85. The van der Waals surface area contributed by atoms with Gasteiger partial charge in [0.15, 0.2) is 6.29 Å². The first-order valence-corrected chi connectivity index (χ1v) is 20.0. The number of carbonyl (C=O) groups is 3. The van der Waals surface area contributed by atoms with Crippen molar-refractivity contribution in [2.24, 2.45) is 0 Å². The Morgan fingerprint density at radius 2 is 1.41 bits per heavy atom. The minimum Gasteiger partial charge on any atom is -0.460 e. The molecule has 310 valence electrons. The van der Waals surface area contributed by atoms with Gasteiger partial charge in [0.1, 0.15) is 36.6 Å². The topological polar surface area (TPSA) is 211 Å². The molecule has 2 rings (SSSR count). The number of aliphatic hydroxyl groups is 5. The summed E-state index contributed by atoms with van der Waals surface area (Å²) in [5.41, 5.74) is 1.22. The highest BCUT2D eigenvalue weighted by molar-refractivity contribution is 5.70. The quantitative estimate of drug-likeness (QED) is 0.0375. The van der Waals surface area contributed by atoms with Gasteiger partial charge in [-0.3, -0.25) is 9.59 Å². The van der Waals surface area contributed by atoms with Crippen molar-refractivity contribution in [2.45, 2.75) is 178 Å². The molecule has 8 atom stereocenters. The van der Waals surface area contributed by atoms with E-state index in [1.54, 1.807) is 0 Å². The molecule has 0 aliphatic carbocycles. The van der Waals surface area contributed by atoms with Crippen LogP contribution in [0.4, 0.5) is 4.79 Å². The van der Waals surface area contributed by atoms with E-state index in [1.165, 1.54) is 50.5 Å². The summed E-state index contributed by atoms with van der Waals surface area (Å²) in [6, 6.07) is 8.77. The SMILES string of the molecule is CCCCCCCCCCCCCC[C@@H](OC(=O)CCCCCc1ccccc1)[C@@H](O)[C@H](CO[C@H]1O[C@H](CO)[C@H](O)[C@H](O)[C@H]1O)NC(=O)OCOC(C)=O. The Morgan fingerprint density at radius 1 is 0.796 bits per heavy atom. The molecule has 0 radical (unpaired) electrons. The fourth-order valence-corrected chi connectivity index (χ4v) is 6.38. The molecule has 0 unspecified atom stereocenters. The second kappa shape index (κ2) is 28.5. The van der Waals surface area contributed by atoms with E-state index in [0.717, 1.165) is 51.9 Å².